The van der Waals surface area contributed by atoms with E-state index in [0.717, 1.165) is 0 Å². The van der Waals surface area contributed by atoms with E-state index in [1.54, 1.807) is 48.5 Å². The van der Waals surface area contributed by atoms with E-state index >= 15 is 0 Å². The number of nitrogens with zero attached hydrogens (tertiary/aromatic N) is 3. The molecule has 32 heavy (non-hydrogen) atoms. The van der Waals surface area contributed by atoms with Crippen molar-refractivity contribution in [2.45, 2.75) is 0 Å². The molecule has 0 aliphatic heterocycles. The molecule has 3 N–H and O–H groups in total. The second-order valence-electron chi connectivity index (χ2n) is 6.70. The van der Waals surface area contributed by atoms with E-state index in [0.29, 0.717) is 16.9 Å². The molecule has 9 heteroatoms. The van der Waals surface area contributed by atoms with Crippen molar-refractivity contribution < 1.29 is 19.5 Å². The number of amides is 2. The molecule has 1 aromatic heterocycles. The Balaban J connectivity index is 1.52. The Morgan fingerprint density at radius 3 is 2.12 bits per heavy atom. The molecule has 2 amide bonds. The van der Waals surface area contributed by atoms with E-state index in [1.807, 2.05) is 6.07 Å². The van der Waals surface area contributed by atoms with Gasteiger partial charge in [0.15, 0.2) is 0 Å². The van der Waals surface area contributed by atoms with E-state index < -0.39 is 11.9 Å². The van der Waals surface area contributed by atoms with Crippen LogP contribution in [0.2, 0.25) is 0 Å². The van der Waals surface area contributed by atoms with Crippen LogP contribution in [0, 0.1) is 0 Å². The molecule has 4 rings (SSSR count). The highest BCUT2D eigenvalue weighted by Gasteiger charge is 2.14. The van der Waals surface area contributed by atoms with Crippen LogP contribution in [0.5, 0.6) is 0 Å². The highest BCUT2D eigenvalue weighted by atomic mass is 16.4. The van der Waals surface area contributed by atoms with Gasteiger partial charge in [0, 0.05) is 16.8 Å². The number of rotatable bonds is 6. The number of carboxylic acids is 1. The van der Waals surface area contributed by atoms with Gasteiger partial charge in [-0.25, -0.2) is 4.79 Å². The highest BCUT2D eigenvalue weighted by molar-refractivity contribution is 6.05. The van der Waals surface area contributed by atoms with E-state index in [9.17, 15) is 14.4 Å². The first-order valence-corrected chi connectivity index (χ1v) is 9.53. The van der Waals surface area contributed by atoms with Gasteiger partial charge >= 0.3 is 5.97 Å². The number of hydrogen-bond acceptors (Lipinski definition) is 5. The van der Waals surface area contributed by atoms with Crippen LogP contribution in [0.15, 0.2) is 85.2 Å². The van der Waals surface area contributed by atoms with Gasteiger partial charge in [0.1, 0.15) is 6.33 Å². The summed E-state index contributed by atoms with van der Waals surface area (Å²) < 4.78 is 1.42. The van der Waals surface area contributed by atoms with Gasteiger partial charge < -0.3 is 10.4 Å². The van der Waals surface area contributed by atoms with Crippen molar-refractivity contribution in [3.8, 4) is 5.69 Å². The molecule has 0 radical (unpaired) electrons. The monoisotopic (exact) mass is 427 g/mol. The minimum Gasteiger partial charge on any atom is -0.478 e. The van der Waals surface area contributed by atoms with Crippen molar-refractivity contribution in [3.05, 3.63) is 102 Å². The largest absolute Gasteiger partial charge is 0.478 e. The molecule has 0 saturated heterocycles. The Morgan fingerprint density at radius 1 is 0.750 bits per heavy atom. The first kappa shape index (κ1) is 20.5. The quantitative estimate of drug-likeness (QED) is 0.433. The molecule has 0 unspecified atom stereocenters. The number of anilines is 2. The lowest BCUT2D eigenvalue weighted by atomic mass is 10.1. The summed E-state index contributed by atoms with van der Waals surface area (Å²) in [5, 5.41) is 18.6. The number of nitrogens with one attached hydrogen (secondary N) is 2. The topological polar surface area (TPSA) is 126 Å². The average Bonchev–Trinajstić information content (AvgIpc) is 3.28. The summed E-state index contributed by atoms with van der Waals surface area (Å²) >= 11 is 0. The standard InChI is InChI=1S/C23H17N5O4/c29-20(15-5-2-1-3-6-15)26-18-7-4-8-19(13-18)28-23(24-14-25-28)27-21(30)16-9-11-17(12-10-16)22(31)32/h1-14H,(H,26,29)(H,31,32)(H,24,25,27,30). The fourth-order valence-corrected chi connectivity index (χ4v) is 2.96. The summed E-state index contributed by atoms with van der Waals surface area (Å²) in [5.41, 5.74) is 2.01. The van der Waals surface area contributed by atoms with Gasteiger partial charge in [-0.1, -0.05) is 24.3 Å². The molecule has 9 nitrogen and oxygen atoms in total. The third-order valence-corrected chi connectivity index (χ3v) is 4.55. The second kappa shape index (κ2) is 8.92. The van der Waals surface area contributed by atoms with E-state index in [1.165, 1.54) is 35.3 Å². The molecule has 0 saturated carbocycles. The van der Waals surface area contributed by atoms with Crippen molar-refractivity contribution in [3.63, 3.8) is 0 Å². The molecule has 158 valence electrons. The zero-order valence-corrected chi connectivity index (χ0v) is 16.6. The Morgan fingerprint density at radius 2 is 1.41 bits per heavy atom. The smallest absolute Gasteiger partial charge is 0.335 e. The molecule has 0 bridgehead atoms. The van der Waals surface area contributed by atoms with Gasteiger partial charge in [-0.05, 0) is 54.6 Å². The Labute approximate surface area is 182 Å². The van der Waals surface area contributed by atoms with Crippen LogP contribution in [-0.4, -0.2) is 37.7 Å². The summed E-state index contributed by atoms with van der Waals surface area (Å²) in [4.78, 5) is 40.0. The maximum Gasteiger partial charge on any atom is 0.335 e. The third-order valence-electron chi connectivity index (χ3n) is 4.55. The Kier molecular flexibility index (Phi) is 5.71. The van der Waals surface area contributed by atoms with Crippen molar-refractivity contribution in [2.24, 2.45) is 0 Å². The Bertz CT molecular complexity index is 1280. The van der Waals surface area contributed by atoms with Crippen molar-refractivity contribution >= 4 is 29.4 Å². The summed E-state index contributed by atoms with van der Waals surface area (Å²) in [6, 6.07) is 21.3. The fourth-order valence-electron chi connectivity index (χ4n) is 2.96. The maximum atomic E-state index is 12.5. The number of hydrogen-bond donors (Lipinski definition) is 3. The number of carbonyl (C=O) groups excluding carboxylic acids is 2. The van der Waals surface area contributed by atoms with Crippen LogP contribution < -0.4 is 10.6 Å². The predicted molar refractivity (Wildman–Crippen MR) is 117 cm³/mol. The fraction of sp³-hybridized carbons (Fsp3) is 0. The van der Waals surface area contributed by atoms with Crippen LogP contribution >= 0.6 is 0 Å². The van der Waals surface area contributed by atoms with Gasteiger partial charge in [0.25, 0.3) is 11.8 Å². The van der Waals surface area contributed by atoms with Gasteiger partial charge in [-0.15, -0.1) is 0 Å². The highest BCUT2D eigenvalue weighted by Crippen LogP contribution is 2.18. The van der Waals surface area contributed by atoms with E-state index in [4.69, 9.17) is 5.11 Å². The molecule has 3 aromatic carbocycles. The lowest BCUT2D eigenvalue weighted by Gasteiger charge is -2.10. The molecule has 0 aliphatic rings. The lowest BCUT2D eigenvalue weighted by Crippen LogP contribution is -2.16. The van der Waals surface area contributed by atoms with Crippen molar-refractivity contribution in [1.82, 2.24) is 14.8 Å². The van der Waals surface area contributed by atoms with Crippen LogP contribution in [0.3, 0.4) is 0 Å². The number of benzene rings is 3. The zero-order valence-electron chi connectivity index (χ0n) is 16.6. The molecule has 1 heterocycles. The molecule has 0 aliphatic carbocycles. The number of carbonyl (C=O) groups is 3. The van der Waals surface area contributed by atoms with Gasteiger partial charge in [-0.2, -0.15) is 14.8 Å². The van der Waals surface area contributed by atoms with Crippen molar-refractivity contribution in [1.29, 1.82) is 0 Å². The zero-order chi connectivity index (χ0) is 22.5. The third kappa shape index (κ3) is 4.51. The van der Waals surface area contributed by atoms with Crippen LogP contribution in [0.25, 0.3) is 5.69 Å². The molecule has 0 spiro atoms. The van der Waals surface area contributed by atoms with Crippen LogP contribution in [0.1, 0.15) is 31.1 Å². The first-order valence-electron chi connectivity index (χ1n) is 9.53. The normalized spacial score (nSPS) is 10.4. The second-order valence-corrected chi connectivity index (χ2v) is 6.70. The SMILES string of the molecule is O=C(O)c1ccc(C(=O)Nc2ncnn2-c2cccc(NC(=O)c3ccccc3)c2)cc1. The van der Waals surface area contributed by atoms with Gasteiger partial charge in [-0.3, -0.25) is 14.9 Å². The summed E-state index contributed by atoms with van der Waals surface area (Å²) in [7, 11) is 0. The predicted octanol–water partition coefficient (Wildman–Crippen LogP) is 3.47. The lowest BCUT2D eigenvalue weighted by molar-refractivity contribution is 0.0696. The molecular weight excluding hydrogens is 410 g/mol. The maximum absolute atomic E-state index is 12.5. The number of aromatic nitrogens is 3. The summed E-state index contributed by atoms with van der Waals surface area (Å²) in [6.45, 7) is 0. The number of aromatic carboxylic acids is 1. The first-order chi connectivity index (χ1) is 15.5. The van der Waals surface area contributed by atoms with E-state index in [-0.39, 0.29) is 23.0 Å². The van der Waals surface area contributed by atoms with Gasteiger partial charge in [0.05, 0.1) is 11.3 Å². The average molecular weight is 427 g/mol. The minimum atomic E-state index is -1.07. The van der Waals surface area contributed by atoms with Crippen molar-refractivity contribution in [2.75, 3.05) is 10.6 Å². The minimum absolute atomic E-state index is 0.0825. The molecule has 0 atom stereocenters. The van der Waals surface area contributed by atoms with Gasteiger partial charge in [0.2, 0.25) is 5.95 Å². The molecule has 0 fully saturated rings. The Hall–Kier alpha value is -4.79. The summed E-state index contributed by atoms with van der Waals surface area (Å²) in [6.07, 6.45) is 1.29. The summed E-state index contributed by atoms with van der Waals surface area (Å²) in [5.74, 6) is -1.62. The number of carboxylic acid groups (broad SMARTS) is 1. The van der Waals surface area contributed by atoms with Crippen LogP contribution in [0.4, 0.5) is 11.6 Å². The molecule has 4 aromatic rings. The van der Waals surface area contributed by atoms with E-state index in [2.05, 4.69) is 20.7 Å². The molecular formula is C23H17N5O4. The van der Waals surface area contributed by atoms with Crippen LogP contribution in [-0.2, 0) is 0 Å².